The van der Waals surface area contributed by atoms with Gasteiger partial charge in [-0.3, -0.25) is 9.69 Å². The van der Waals surface area contributed by atoms with Gasteiger partial charge in [-0.05, 0) is 48.5 Å². The number of fused-ring (bicyclic) bond motifs is 1. The minimum Gasteiger partial charge on any atom is -0.497 e. The summed E-state index contributed by atoms with van der Waals surface area (Å²) in [6.45, 7) is -0.321. The Kier molecular flexibility index (Phi) is 6.98. The summed E-state index contributed by atoms with van der Waals surface area (Å²) in [6.07, 6.45) is 1.60. The Bertz CT molecular complexity index is 1430. The number of rotatable bonds is 7. The Morgan fingerprint density at radius 3 is 2.32 bits per heavy atom. The summed E-state index contributed by atoms with van der Waals surface area (Å²) in [5.74, 6) is 0.489. The van der Waals surface area contributed by atoms with Crippen LogP contribution in [0.4, 0.5) is 33.6 Å². The Balaban J connectivity index is 1.63. The molecule has 0 radical (unpaired) electrons. The fourth-order valence-electron chi connectivity index (χ4n) is 4.19. The highest BCUT2D eigenvalue weighted by atomic mass is 16.5. The SMILES string of the molecule is COc1ccc(N2Cc3cnc(N(C(=O)[C@@H](N)CO)c4ccccc4)nc3N(c3ccccc3)C2=O)cc1. The van der Waals surface area contributed by atoms with Crippen molar-refractivity contribution >= 4 is 40.8 Å². The first kappa shape index (κ1) is 24.9. The number of para-hydroxylation sites is 2. The van der Waals surface area contributed by atoms with Crippen LogP contribution in [0.25, 0.3) is 0 Å². The molecule has 3 aromatic carbocycles. The number of methoxy groups -OCH3 is 1. The zero-order chi connectivity index (χ0) is 26.6. The maximum Gasteiger partial charge on any atom is 0.335 e. The molecule has 0 saturated heterocycles. The van der Waals surface area contributed by atoms with Gasteiger partial charge in [0.1, 0.15) is 11.8 Å². The zero-order valence-electron chi connectivity index (χ0n) is 20.6. The van der Waals surface area contributed by atoms with E-state index in [0.29, 0.717) is 34.2 Å². The molecule has 0 unspecified atom stereocenters. The number of ether oxygens (including phenoxy) is 1. The van der Waals surface area contributed by atoms with Gasteiger partial charge in [0.25, 0.3) is 5.91 Å². The van der Waals surface area contributed by atoms with Crippen LogP contribution in [0.5, 0.6) is 5.75 Å². The summed E-state index contributed by atoms with van der Waals surface area (Å²) in [7, 11) is 1.58. The highest BCUT2D eigenvalue weighted by Crippen LogP contribution is 2.37. The number of hydrogen-bond acceptors (Lipinski definition) is 7. The first-order valence-corrected chi connectivity index (χ1v) is 11.9. The maximum atomic E-state index is 13.9. The summed E-state index contributed by atoms with van der Waals surface area (Å²) >= 11 is 0. The number of aliphatic hydroxyl groups excluding tert-OH is 1. The summed E-state index contributed by atoms with van der Waals surface area (Å²) in [4.78, 5) is 40.7. The van der Waals surface area contributed by atoms with Crippen molar-refractivity contribution < 1.29 is 19.4 Å². The van der Waals surface area contributed by atoms with E-state index < -0.39 is 18.6 Å². The number of aromatic nitrogens is 2. The normalized spacial score (nSPS) is 13.6. The second-order valence-electron chi connectivity index (χ2n) is 8.55. The molecule has 0 saturated carbocycles. The molecule has 4 aromatic rings. The summed E-state index contributed by atoms with van der Waals surface area (Å²) in [5.41, 5.74) is 8.34. The first-order valence-electron chi connectivity index (χ1n) is 11.9. The fourth-order valence-corrected chi connectivity index (χ4v) is 4.19. The van der Waals surface area contributed by atoms with E-state index in [1.54, 1.807) is 54.6 Å². The van der Waals surface area contributed by atoms with E-state index in [9.17, 15) is 14.7 Å². The molecule has 38 heavy (non-hydrogen) atoms. The molecule has 1 aromatic heterocycles. The molecule has 10 nitrogen and oxygen atoms in total. The van der Waals surface area contributed by atoms with Crippen molar-refractivity contribution in [2.45, 2.75) is 12.6 Å². The molecule has 2 heterocycles. The summed E-state index contributed by atoms with van der Waals surface area (Å²) < 4.78 is 5.26. The predicted octanol–water partition coefficient (Wildman–Crippen LogP) is 3.75. The molecule has 0 aliphatic carbocycles. The van der Waals surface area contributed by atoms with E-state index in [2.05, 4.69) is 4.98 Å². The van der Waals surface area contributed by atoms with Crippen LogP contribution in [-0.4, -0.2) is 46.8 Å². The van der Waals surface area contributed by atoms with E-state index in [0.717, 1.165) is 0 Å². The van der Waals surface area contributed by atoms with Gasteiger partial charge in [0.05, 0.1) is 31.6 Å². The summed E-state index contributed by atoms with van der Waals surface area (Å²) in [5, 5.41) is 9.56. The van der Waals surface area contributed by atoms with Crippen molar-refractivity contribution in [2.24, 2.45) is 5.73 Å². The van der Waals surface area contributed by atoms with Crippen LogP contribution in [-0.2, 0) is 11.3 Å². The average molecular weight is 511 g/mol. The smallest absolute Gasteiger partial charge is 0.335 e. The molecule has 1 aliphatic heterocycles. The molecule has 192 valence electrons. The first-order chi connectivity index (χ1) is 18.5. The molecule has 0 fully saturated rings. The second-order valence-corrected chi connectivity index (χ2v) is 8.55. The van der Waals surface area contributed by atoms with E-state index >= 15 is 0 Å². The largest absolute Gasteiger partial charge is 0.497 e. The number of hydrogen-bond donors (Lipinski definition) is 2. The van der Waals surface area contributed by atoms with Gasteiger partial charge in [-0.1, -0.05) is 36.4 Å². The minimum atomic E-state index is -1.17. The molecular formula is C28H26N6O4. The molecule has 5 rings (SSSR count). The molecule has 1 atom stereocenters. The van der Waals surface area contributed by atoms with Crippen molar-refractivity contribution in [3.63, 3.8) is 0 Å². The highest BCUT2D eigenvalue weighted by molar-refractivity contribution is 6.10. The lowest BCUT2D eigenvalue weighted by Crippen LogP contribution is -2.46. The van der Waals surface area contributed by atoms with E-state index in [-0.39, 0.29) is 18.5 Å². The van der Waals surface area contributed by atoms with Crippen molar-refractivity contribution in [1.82, 2.24) is 9.97 Å². The fraction of sp³-hybridized carbons (Fsp3) is 0.143. The van der Waals surface area contributed by atoms with Crippen molar-refractivity contribution in [2.75, 3.05) is 28.4 Å². The topological polar surface area (TPSA) is 125 Å². The number of anilines is 5. The van der Waals surface area contributed by atoms with Crippen LogP contribution in [0.2, 0.25) is 0 Å². The van der Waals surface area contributed by atoms with Crippen LogP contribution in [0.3, 0.4) is 0 Å². The van der Waals surface area contributed by atoms with Crippen LogP contribution in [0.15, 0.2) is 91.1 Å². The Morgan fingerprint density at radius 1 is 1.03 bits per heavy atom. The predicted molar refractivity (Wildman–Crippen MR) is 144 cm³/mol. The lowest BCUT2D eigenvalue weighted by atomic mass is 10.1. The molecule has 1 aliphatic rings. The standard InChI is InChI=1S/C28H26N6O4/c1-38-23-14-12-20(13-15-23)32-17-19-16-30-27(31-25(19)33(28(32)37)21-8-4-2-5-9-21)34(26(36)24(29)18-35)22-10-6-3-7-11-22/h2-16,24,35H,17-18,29H2,1H3/t24-/m0/s1. The number of nitrogens with zero attached hydrogens (tertiary/aromatic N) is 5. The number of carbonyl (C=O) groups is 2. The number of urea groups is 1. The monoisotopic (exact) mass is 510 g/mol. The van der Waals surface area contributed by atoms with E-state index in [4.69, 9.17) is 15.5 Å². The molecule has 3 N–H and O–H groups in total. The van der Waals surface area contributed by atoms with Gasteiger partial charge in [0, 0.05) is 17.4 Å². The number of benzene rings is 3. The van der Waals surface area contributed by atoms with Crippen LogP contribution < -0.4 is 25.2 Å². The minimum absolute atomic E-state index is 0.0375. The molecule has 3 amide bonds. The average Bonchev–Trinajstić information content (AvgIpc) is 2.97. The second kappa shape index (κ2) is 10.7. The molecule has 0 bridgehead atoms. The third-order valence-corrected chi connectivity index (χ3v) is 6.14. The van der Waals surface area contributed by atoms with Gasteiger partial charge in [-0.15, -0.1) is 0 Å². The van der Waals surface area contributed by atoms with Gasteiger partial charge in [-0.25, -0.2) is 19.6 Å². The van der Waals surface area contributed by atoms with Gasteiger partial charge in [0.2, 0.25) is 5.95 Å². The lowest BCUT2D eigenvalue weighted by Gasteiger charge is -2.36. The Morgan fingerprint density at radius 2 is 1.68 bits per heavy atom. The number of aliphatic hydroxyl groups is 1. The van der Waals surface area contributed by atoms with E-state index in [1.165, 1.54) is 9.80 Å². The van der Waals surface area contributed by atoms with E-state index in [1.807, 2.05) is 48.5 Å². The molecule has 10 heteroatoms. The third-order valence-electron chi connectivity index (χ3n) is 6.14. The van der Waals surface area contributed by atoms with Gasteiger partial charge in [0.15, 0.2) is 5.82 Å². The quantitative estimate of drug-likeness (QED) is 0.388. The maximum absolute atomic E-state index is 13.9. The van der Waals surface area contributed by atoms with Crippen molar-refractivity contribution in [1.29, 1.82) is 0 Å². The van der Waals surface area contributed by atoms with Crippen LogP contribution in [0, 0.1) is 0 Å². The summed E-state index contributed by atoms with van der Waals surface area (Å²) in [6, 6.07) is 23.6. The zero-order valence-corrected chi connectivity index (χ0v) is 20.6. The number of nitrogens with two attached hydrogens (primary N) is 1. The molecular weight excluding hydrogens is 484 g/mol. The van der Waals surface area contributed by atoms with Crippen LogP contribution >= 0.6 is 0 Å². The van der Waals surface area contributed by atoms with Crippen molar-refractivity contribution in [3.05, 3.63) is 96.7 Å². The Labute approximate surface area is 219 Å². The number of amides is 3. The highest BCUT2D eigenvalue weighted by Gasteiger charge is 2.35. The third kappa shape index (κ3) is 4.65. The van der Waals surface area contributed by atoms with Gasteiger partial charge < -0.3 is 15.6 Å². The van der Waals surface area contributed by atoms with Crippen molar-refractivity contribution in [3.8, 4) is 5.75 Å². The number of carbonyl (C=O) groups excluding carboxylic acids is 2. The van der Waals surface area contributed by atoms with Gasteiger partial charge in [-0.2, -0.15) is 4.98 Å². The Hall–Kier alpha value is -4.80. The van der Waals surface area contributed by atoms with Crippen LogP contribution in [0.1, 0.15) is 5.56 Å². The van der Waals surface area contributed by atoms with Gasteiger partial charge >= 0.3 is 6.03 Å². The molecule has 0 spiro atoms. The lowest BCUT2D eigenvalue weighted by molar-refractivity contribution is -0.119.